The molecule has 3 fully saturated rings. The molecule has 1 N–H and O–H groups in total. The van der Waals surface area contributed by atoms with Gasteiger partial charge in [0.05, 0.1) is 44.6 Å². The number of benzene rings is 1. The molecule has 2 bridgehead atoms. The van der Waals surface area contributed by atoms with E-state index in [4.69, 9.17) is 18.9 Å². The van der Waals surface area contributed by atoms with Crippen molar-refractivity contribution in [2.75, 3.05) is 39.6 Å². The molecule has 4 aliphatic heterocycles. The molecule has 0 spiro atoms. The Kier molecular flexibility index (Phi) is 6.62. The number of para-hydroxylation sites is 1. The maximum absolute atomic E-state index is 13.1. The van der Waals surface area contributed by atoms with Crippen molar-refractivity contribution in [1.82, 2.24) is 10.2 Å². The molecule has 5 aliphatic rings. The van der Waals surface area contributed by atoms with Crippen LogP contribution in [0.5, 0.6) is 5.75 Å². The standard InChI is InChI=1S/C24H32N2O6/c27-23-15-32-21-4-2-1-3-18(21)16-5-7-17(8-6-16)31-13-20-19(9-10-26(20)23)25-24(28)22-14-29-11-12-30-22/h1-4,16-17,19-20,22H,5-15H2,(H,25,28)/t16?,17?,19-,20?,22?/m0/s1. The number of hydrogen-bond donors (Lipinski definition) is 1. The van der Waals surface area contributed by atoms with Crippen LogP contribution >= 0.6 is 0 Å². The zero-order valence-electron chi connectivity index (χ0n) is 18.4. The van der Waals surface area contributed by atoms with Gasteiger partial charge in [0.15, 0.2) is 12.7 Å². The summed E-state index contributed by atoms with van der Waals surface area (Å²) in [6.45, 7) is 2.17. The number of hydrogen-bond acceptors (Lipinski definition) is 6. The van der Waals surface area contributed by atoms with Crippen LogP contribution in [-0.2, 0) is 23.8 Å². The van der Waals surface area contributed by atoms with Gasteiger partial charge in [-0.3, -0.25) is 9.59 Å². The summed E-state index contributed by atoms with van der Waals surface area (Å²) in [5.41, 5.74) is 1.19. The first kappa shape index (κ1) is 21.7. The van der Waals surface area contributed by atoms with E-state index in [0.717, 1.165) is 31.4 Å². The van der Waals surface area contributed by atoms with Crippen molar-refractivity contribution in [3.05, 3.63) is 29.8 Å². The monoisotopic (exact) mass is 444 g/mol. The fraction of sp³-hybridized carbons (Fsp3) is 0.667. The van der Waals surface area contributed by atoms with E-state index >= 15 is 0 Å². The molecule has 2 saturated heterocycles. The maximum atomic E-state index is 13.1. The molecule has 8 nitrogen and oxygen atoms in total. The van der Waals surface area contributed by atoms with Gasteiger partial charge in [0.25, 0.3) is 11.8 Å². The number of fused-ring (bicyclic) bond motifs is 5. The Balaban J connectivity index is 1.32. The summed E-state index contributed by atoms with van der Waals surface area (Å²) in [6, 6.07) is 7.68. The molecule has 2 amide bonds. The van der Waals surface area contributed by atoms with E-state index in [-0.39, 0.29) is 43.2 Å². The zero-order valence-corrected chi connectivity index (χ0v) is 18.4. The molecule has 0 aromatic heterocycles. The van der Waals surface area contributed by atoms with Crippen LogP contribution in [0.3, 0.4) is 0 Å². The Morgan fingerprint density at radius 2 is 1.84 bits per heavy atom. The van der Waals surface area contributed by atoms with Gasteiger partial charge in [-0.05, 0) is 49.7 Å². The van der Waals surface area contributed by atoms with Crippen molar-refractivity contribution in [1.29, 1.82) is 0 Å². The molecule has 32 heavy (non-hydrogen) atoms. The topological polar surface area (TPSA) is 86.3 Å². The lowest BCUT2D eigenvalue weighted by Crippen LogP contribution is -2.53. The van der Waals surface area contributed by atoms with Crippen LogP contribution in [0.25, 0.3) is 0 Å². The van der Waals surface area contributed by atoms with Crippen molar-refractivity contribution in [3.63, 3.8) is 0 Å². The van der Waals surface area contributed by atoms with Gasteiger partial charge in [0, 0.05) is 6.54 Å². The summed E-state index contributed by atoms with van der Waals surface area (Å²) in [5.74, 6) is 0.984. The first-order chi connectivity index (χ1) is 15.7. The molecule has 1 saturated carbocycles. The van der Waals surface area contributed by atoms with Crippen LogP contribution in [-0.4, -0.2) is 80.6 Å². The van der Waals surface area contributed by atoms with E-state index in [1.807, 2.05) is 23.1 Å². The molecule has 0 radical (unpaired) electrons. The first-order valence-electron chi connectivity index (χ1n) is 11.8. The van der Waals surface area contributed by atoms with Gasteiger partial charge in [-0.15, -0.1) is 0 Å². The van der Waals surface area contributed by atoms with Crippen LogP contribution in [0.1, 0.15) is 43.6 Å². The molecule has 6 rings (SSSR count). The van der Waals surface area contributed by atoms with Crippen molar-refractivity contribution in [2.24, 2.45) is 0 Å². The molecular formula is C24H32N2O6. The highest BCUT2D eigenvalue weighted by atomic mass is 16.6. The SMILES string of the molecule is O=C(N[C@H]1CCN2C(=O)COc3ccccc3C3CCC(CC3)OCC12)C1COCCO1. The molecule has 1 aromatic rings. The third-order valence-electron chi connectivity index (χ3n) is 7.19. The van der Waals surface area contributed by atoms with Crippen molar-refractivity contribution >= 4 is 11.8 Å². The van der Waals surface area contributed by atoms with Gasteiger partial charge >= 0.3 is 0 Å². The second kappa shape index (κ2) is 9.77. The van der Waals surface area contributed by atoms with Gasteiger partial charge in [0.1, 0.15) is 5.75 Å². The maximum Gasteiger partial charge on any atom is 0.260 e. The van der Waals surface area contributed by atoms with E-state index in [2.05, 4.69) is 11.4 Å². The summed E-state index contributed by atoms with van der Waals surface area (Å²) in [6.07, 6.45) is 4.35. The van der Waals surface area contributed by atoms with Crippen molar-refractivity contribution < 1.29 is 28.5 Å². The Morgan fingerprint density at radius 3 is 2.66 bits per heavy atom. The van der Waals surface area contributed by atoms with E-state index in [9.17, 15) is 9.59 Å². The summed E-state index contributed by atoms with van der Waals surface area (Å²) < 4.78 is 23.2. The van der Waals surface area contributed by atoms with Crippen LogP contribution in [0.4, 0.5) is 0 Å². The second-order valence-corrected chi connectivity index (χ2v) is 9.13. The van der Waals surface area contributed by atoms with Gasteiger partial charge in [0.2, 0.25) is 0 Å². The van der Waals surface area contributed by atoms with Crippen LogP contribution < -0.4 is 10.1 Å². The first-order valence-corrected chi connectivity index (χ1v) is 11.8. The molecular weight excluding hydrogens is 412 g/mol. The highest BCUT2D eigenvalue weighted by molar-refractivity contribution is 5.82. The lowest BCUT2D eigenvalue weighted by molar-refractivity contribution is -0.149. The summed E-state index contributed by atoms with van der Waals surface area (Å²) >= 11 is 0. The number of carbonyl (C=O) groups is 2. The summed E-state index contributed by atoms with van der Waals surface area (Å²) in [4.78, 5) is 27.6. The quantitative estimate of drug-likeness (QED) is 0.746. The van der Waals surface area contributed by atoms with Gasteiger partial charge in [-0.25, -0.2) is 0 Å². The zero-order chi connectivity index (χ0) is 21.9. The molecule has 1 aromatic carbocycles. The van der Waals surface area contributed by atoms with Gasteiger partial charge in [-0.1, -0.05) is 18.2 Å². The Bertz CT molecular complexity index is 818. The van der Waals surface area contributed by atoms with E-state index in [1.165, 1.54) is 5.56 Å². The normalized spacial score (nSPS) is 33.2. The predicted octanol–water partition coefficient (Wildman–Crippen LogP) is 1.62. The largest absolute Gasteiger partial charge is 0.483 e. The van der Waals surface area contributed by atoms with Crippen molar-refractivity contribution in [3.8, 4) is 5.75 Å². The molecule has 3 atom stereocenters. The highest BCUT2D eigenvalue weighted by Crippen LogP contribution is 2.39. The van der Waals surface area contributed by atoms with Gasteiger partial charge < -0.3 is 29.2 Å². The minimum atomic E-state index is -0.598. The smallest absolute Gasteiger partial charge is 0.260 e. The Morgan fingerprint density at radius 1 is 1.00 bits per heavy atom. The minimum Gasteiger partial charge on any atom is -0.483 e. The lowest BCUT2D eigenvalue weighted by atomic mass is 9.82. The number of carbonyl (C=O) groups excluding carboxylic acids is 2. The number of amides is 2. The second-order valence-electron chi connectivity index (χ2n) is 9.13. The van der Waals surface area contributed by atoms with E-state index < -0.39 is 6.10 Å². The fourth-order valence-electron chi connectivity index (χ4n) is 5.40. The Labute approximate surface area is 188 Å². The molecule has 174 valence electrons. The summed E-state index contributed by atoms with van der Waals surface area (Å²) in [5, 5.41) is 3.09. The van der Waals surface area contributed by atoms with Crippen LogP contribution in [0, 0.1) is 0 Å². The van der Waals surface area contributed by atoms with Crippen molar-refractivity contribution in [2.45, 2.75) is 62.3 Å². The molecule has 2 unspecified atom stereocenters. The third kappa shape index (κ3) is 4.63. The number of nitrogens with zero attached hydrogens (tertiary/aromatic N) is 1. The minimum absolute atomic E-state index is 0.0100. The average Bonchev–Trinajstić information content (AvgIpc) is 3.24. The summed E-state index contributed by atoms with van der Waals surface area (Å²) in [7, 11) is 0. The van der Waals surface area contributed by atoms with E-state index in [1.54, 1.807) is 0 Å². The Hall–Kier alpha value is -2.16. The van der Waals surface area contributed by atoms with Gasteiger partial charge in [-0.2, -0.15) is 0 Å². The lowest BCUT2D eigenvalue weighted by Gasteiger charge is -2.33. The fourth-order valence-corrected chi connectivity index (χ4v) is 5.40. The predicted molar refractivity (Wildman–Crippen MR) is 115 cm³/mol. The molecule has 8 heteroatoms. The van der Waals surface area contributed by atoms with Crippen LogP contribution in [0.2, 0.25) is 0 Å². The third-order valence-corrected chi connectivity index (χ3v) is 7.19. The molecule has 1 aliphatic carbocycles. The average molecular weight is 445 g/mol. The molecule has 4 heterocycles. The highest BCUT2D eigenvalue weighted by Gasteiger charge is 2.40. The van der Waals surface area contributed by atoms with Crippen LogP contribution in [0.15, 0.2) is 24.3 Å². The number of rotatable bonds is 2. The number of ether oxygens (including phenoxy) is 4. The number of nitrogens with one attached hydrogen (secondary N) is 1. The van der Waals surface area contributed by atoms with E-state index in [0.29, 0.717) is 38.7 Å².